The molecule has 1 N–H and O–H groups in total. The van der Waals surface area contributed by atoms with Crippen LogP contribution >= 0.6 is 0 Å². The lowest BCUT2D eigenvalue weighted by Crippen LogP contribution is -2.48. The van der Waals surface area contributed by atoms with Crippen molar-refractivity contribution in [2.24, 2.45) is 17.8 Å². The Labute approximate surface area is 105 Å². The second-order valence-corrected chi connectivity index (χ2v) is 6.00. The number of carboxylic acids is 1. The van der Waals surface area contributed by atoms with Gasteiger partial charge >= 0.3 is 5.97 Å². The molecule has 17 heavy (non-hydrogen) atoms. The minimum Gasteiger partial charge on any atom is -0.480 e. The summed E-state index contributed by atoms with van der Waals surface area (Å²) >= 11 is 0. The van der Waals surface area contributed by atoms with Crippen molar-refractivity contribution < 1.29 is 9.90 Å². The van der Waals surface area contributed by atoms with Crippen molar-refractivity contribution >= 4 is 5.97 Å². The zero-order valence-electron chi connectivity index (χ0n) is 11.6. The van der Waals surface area contributed by atoms with Gasteiger partial charge < -0.3 is 5.11 Å². The normalized spacial score (nSPS) is 22.6. The van der Waals surface area contributed by atoms with Gasteiger partial charge in [0.25, 0.3) is 0 Å². The van der Waals surface area contributed by atoms with Crippen LogP contribution in [0.1, 0.15) is 47.0 Å². The maximum Gasteiger partial charge on any atom is 0.320 e. The Hall–Kier alpha value is -0.570. The lowest BCUT2D eigenvalue weighted by atomic mass is 9.84. The van der Waals surface area contributed by atoms with Gasteiger partial charge in [0.1, 0.15) is 6.04 Å². The molecule has 1 rings (SSSR count). The lowest BCUT2D eigenvalue weighted by molar-refractivity contribution is -0.145. The van der Waals surface area contributed by atoms with Crippen LogP contribution in [0.3, 0.4) is 0 Å². The Morgan fingerprint density at radius 2 is 1.82 bits per heavy atom. The van der Waals surface area contributed by atoms with Crippen molar-refractivity contribution in [3.05, 3.63) is 0 Å². The molecule has 1 saturated heterocycles. The van der Waals surface area contributed by atoms with Crippen LogP contribution in [0.4, 0.5) is 0 Å². The smallest absolute Gasteiger partial charge is 0.320 e. The number of likely N-dealkylation sites (tertiary alicyclic amines) is 1. The third-order valence-electron chi connectivity index (χ3n) is 4.06. The van der Waals surface area contributed by atoms with Crippen molar-refractivity contribution in [3.63, 3.8) is 0 Å². The van der Waals surface area contributed by atoms with E-state index in [9.17, 15) is 9.90 Å². The summed E-state index contributed by atoms with van der Waals surface area (Å²) in [7, 11) is 0. The Morgan fingerprint density at radius 1 is 1.24 bits per heavy atom. The van der Waals surface area contributed by atoms with Crippen LogP contribution in [0.25, 0.3) is 0 Å². The van der Waals surface area contributed by atoms with Crippen LogP contribution < -0.4 is 0 Å². The molecule has 1 atom stereocenters. The van der Waals surface area contributed by atoms with Crippen LogP contribution in [0.5, 0.6) is 0 Å². The van der Waals surface area contributed by atoms with E-state index in [0.29, 0.717) is 17.8 Å². The van der Waals surface area contributed by atoms with Gasteiger partial charge in [-0.15, -0.1) is 0 Å². The maximum absolute atomic E-state index is 11.2. The van der Waals surface area contributed by atoms with Gasteiger partial charge in [0.15, 0.2) is 0 Å². The van der Waals surface area contributed by atoms with Gasteiger partial charge in [-0.1, -0.05) is 34.1 Å². The second-order valence-electron chi connectivity index (χ2n) is 6.00. The van der Waals surface area contributed by atoms with Gasteiger partial charge in [-0.05, 0) is 37.1 Å². The van der Waals surface area contributed by atoms with Gasteiger partial charge in [-0.25, -0.2) is 0 Å². The molecular weight excluding hydrogens is 214 g/mol. The predicted molar refractivity (Wildman–Crippen MR) is 70.0 cm³/mol. The molecule has 100 valence electrons. The lowest BCUT2D eigenvalue weighted by Gasteiger charge is -2.38. The molecule has 0 aromatic rings. The number of aliphatic carboxylic acids is 1. The summed E-state index contributed by atoms with van der Waals surface area (Å²) in [6.45, 7) is 10.8. The Kier molecular flexibility index (Phi) is 5.44. The molecule has 1 heterocycles. The van der Waals surface area contributed by atoms with E-state index in [4.69, 9.17) is 0 Å². The van der Waals surface area contributed by atoms with Crippen LogP contribution in [-0.2, 0) is 4.79 Å². The van der Waals surface area contributed by atoms with Gasteiger partial charge in [-0.3, -0.25) is 9.69 Å². The molecule has 0 aliphatic carbocycles. The summed E-state index contributed by atoms with van der Waals surface area (Å²) in [4.78, 5) is 13.4. The van der Waals surface area contributed by atoms with Crippen LogP contribution in [0.2, 0.25) is 0 Å². The summed E-state index contributed by atoms with van der Waals surface area (Å²) in [6, 6.07) is -0.247. The minimum absolute atomic E-state index is 0.247. The monoisotopic (exact) mass is 241 g/mol. The highest BCUT2D eigenvalue weighted by molar-refractivity contribution is 5.73. The largest absolute Gasteiger partial charge is 0.480 e. The molecule has 3 nitrogen and oxygen atoms in total. The number of hydrogen-bond donors (Lipinski definition) is 1. The third-order valence-corrected chi connectivity index (χ3v) is 4.06. The zero-order chi connectivity index (χ0) is 13.0. The quantitative estimate of drug-likeness (QED) is 0.804. The Morgan fingerprint density at radius 3 is 2.29 bits per heavy atom. The van der Waals surface area contributed by atoms with Crippen molar-refractivity contribution in [2.75, 3.05) is 13.1 Å². The fourth-order valence-corrected chi connectivity index (χ4v) is 2.95. The SMILES string of the molecule is CC(C)C(CN1CCCCC1C(=O)O)C(C)C. The number of rotatable bonds is 5. The first kappa shape index (κ1) is 14.5. The molecule has 0 amide bonds. The van der Waals surface area contributed by atoms with E-state index >= 15 is 0 Å². The zero-order valence-corrected chi connectivity index (χ0v) is 11.6. The number of carbonyl (C=O) groups is 1. The van der Waals surface area contributed by atoms with E-state index in [1.54, 1.807) is 0 Å². The van der Waals surface area contributed by atoms with Gasteiger partial charge in [-0.2, -0.15) is 0 Å². The van der Waals surface area contributed by atoms with Gasteiger partial charge in [0.2, 0.25) is 0 Å². The Bertz CT molecular complexity index is 243. The average Bonchev–Trinajstić information content (AvgIpc) is 2.25. The fourth-order valence-electron chi connectivity index (χ4n) is 2.95. The number of nitrogens with zero attached hydrogens (tertiary/aromatic N) is 1. The molecule has 0 spiro atoms. The van der Waals surface area contributed by atoms with Gasteiger partial charge in [0, 0.05) is 6.54 Å². The van der Waals surface area contributed by atoms with E-state index in [2.05, 4.69) is 32.6 Å². The summed E-state index contributed by atoms with van der Waals surface area (Å²) in [5.41, 5.74) is 0. The van der Waals surface area contributed by atoms with Crippen LogP contribution in [-0.4, -0.2) is 35.1 Å². The molecule has 1 aliphatic heterocycles. The minimum atomic E-state index is -0.643. The van der Waals surface area contributed by atoms with E-state index in [-0.39, 0.29) is 6.04 Å². The molecule has 0 saturated carbocycles. The molecule has 1 aliphatic rings. The predicted octanol–water partition coefficient (Wildman–Crippen LogP) is 2.85. The number of piperidine rings is 1. The van der Waals surface area contributed by atoms with E-state index < -0.39 is 5.97 Å². The summed E-state index contributed by atoms with van der Waals surface area (Å²) in [6.07, 6.45) is 3.02. The summed E-state index contributed by atoms with van der Waals surface area (Å²) in [5.74, 6) is 1.18. The van der Waals surface area contributed by atoms with Crippen molar-refractivity contribution in [2.45, 2.75) is 53.0 Å². The van der Waals surface area contributed by atoms with Crippen molar-refractivity contribution in [1.29, 1.82) is 0 Å². The molecule has 0 radical (unpaired) electrons. The van der Waals surface area contributed by atoms with Crippen molar-refractivity contribution in [1.82, 2.24) is 4.90 Å². The van der Waals surface area contributed by atoms with Crippen LogP contribution in [0, 0.1) is 17.8 Å². The highest BCUT2D eigenvalue weighted by Crippen LogP contribution is 2.25. The highest BCUT2D eigenvalue weighted by Gasteiger charge is 2.31. The first-order valence-corrected chi connectivity index (χ1v) is 6.90. The fraction of sp³-hybridized carbons (Fsp3) is 0.929. The topological polar surface area (TPSA) is 40.5 Å². The molecule has 0 bridgehead atoms. The molecule has 3 heteroatoms. The summed E-state index contributed by atoms with van der Waals surface area (Å²) < 4.78 is 0. The molecule has 1 fully saturated rings. The Balaban J connectivity index is 2.65. The first-order valence-electron chi connectivity index (χ1n) is 6.90. The average molecular weight is 241 g/mol. The standard InChI is InChI=1S/C14H27NO2/c1-10(2)12(11(3)4)9-15-8-6-5-7-13(15)14(16)17/h10-13H,5-9H2,1-4H3,(H,16,17). The highest BCUT2D eigenvalue weighted by atomic mass is 16.4. The first-order chi connectivity index (χ1) is 7.93. The molecule has 0 aromatic heterocycles. The molecule has 1 unspecified atom stereocenters. The number of hydrogen-bond acceptors (Lipinski definition) is 2. The maximum atomic E-state index is 11.2. The molecular formula is C14H27NO2. The van der Waals surface area contributed by atoms with E-state index in [0.717, 1.165) is 32.4 Å². The van der Waals surface area contributed by atoms with E-state index in [1.165, 1.54) is 0 Å². The van der Waals surface area contributed by atoms with E-state index in [1.807, 2.05) is 0 Å². The number of carboxylic acid groups (broad SMARTS) is 1. The van der Waals surface area contributed by atoms with Crippen molar-refractivity contribution in [3.8, 4) is 0 Å². The molecule has 0 aromatic carbocycles. The third kappa shape index (κ3) is 3.98. The second kappa shape index (κ2) is 6.39. The summed E-state index contributed by atoms with van der Waals surface area (Å²) in [5, 5.41) is 9.26. The van der Waals surface area contributed by atoms with Crippen LogP contribution in [0.15, 0.2) is 0 Å². The van der Waals surface area contributed by atoms with Gasteiger partial charge in [0.05, 0.1) is 0 Å².